The van der Waals surface area contributed by atoms with Gasteiger partial charge in [0.1, 0.15) is 5.78 Å². The lowest BCUT2D eigenvalue weighted by atomic mass is 10.1. The standard InChI is InChI=1S/C7H15O4P/c1-3-7(12(9,10)11)5-4-6(2)8/h7H,3-5H2,1-2H3,(H2,9,10,11). The Balaban J connectivity index is 4.02. The van der Waals surface area contributed by atoms with Gasteiger partial charge in [-0.15, -0.1) is 0 Å². The molecule has 0 rings (SSSR count). The molecule has 0 spiro atoms. The second-order valence-corrected chi connectivity index (χ2v) is 4.80. The topological polar surface area (TPSA) is 74.6 Å². The lowest BCUT2D eigenvalue weighted by molar-refractivity contribution is -0.117. The van der Waals surface area contributed by atoms with Crippen molar-refractivity contribution in [2.45, 2.75) is 38.8 Å². The zero-order valence-corrected chi connectivity index (χ0v) is 8.25. The summed E-state index contributed by atoms with van der Waals surface area (Å²) in [5.41, 5.74) is -0.651. The fourth-order valence-electron chi connectivity index (χ4n) is 0.980. The summed E-state index contributed by atoms with van der Waals surface area (Å²) < 4.78 is 10.8. The highest BCUT2D eigenvalue weighted by atomic mass is 31.2. The van der Waals surface area contributed by atoms with Crippen LogP contribution in [0.15, 0.2) is 0 Å². The predicted molar refractivity (Wildman–Crippen MR) is 46.0 cm³/mol. The Morgan fingerprint density at radius 2 is 2.00 bits per heavy atom. The zero-order chi connectivity index (χ0) is 9.78. The number of carbonyl (C=O) groups excluding carboxylic acids is 1. The number of hydrogen-bond donors (Lipinski definition) is 2. The van der Waals surface area contributed by atoms with E-state index < -0.39 is 13.3 Å². The van der Waals surface area contributed by atoms with E-state index in [0.29, 0.717) is 6.42 Å². The molecule has 0 aromatic heterocycles. The molecule has 0 radical (unpaired) electrons. The number of Topliss-reactive ketones (excluding diaryl/α,β-unsaturated/α-hetero) is 1. The van der Waals surface area contributed by atoms with Crippen LogP contribution in [0, 0.1) is 0 Å². The van der Waals surface area contributed by atoms with Crippen LogP contribution in [0.1, 0.15) is 33.1 Å². The first-order chi connectivity index (χ1) is 5.38. The Labute approximate surface area is 72.1 Å². The van der Waals surface area contributed by atoms with E-state index in [4.69, 9.17) is 9.79 Å². The molecule has 0 saturated carbocycles. The molecule has 0 aliphatic heterocycles. The van der Waals surface area contributed by atoms with E-state index >= 15 is 0 Å². The summed E-state index contributed by atoms with van der Waals surface area (Å²) in [6.45, 7) is 3.14. The average molecular weight is 194 g/mol. The highest BCUT2D eigenvalue weighted by molar-refractivity contribution is 7.52. The van der Waals surface area contributed by atoms with E-state index in [1.807, 2.05) is 0 Å². The molecule has 5 heteroatoms. The first kappa shape index (κ1) is 11.8. The molecule has 0 fully saturated rings. The van der Waals surface area contributed by atoms with Crippen LogP contribution in [0.4, 0.5) is 0 Å². The summed E-state index contributed by atoms with van der Waals surface area (Å²) in [5, 5.41) is 0. The molecule has 0 aromatic carbocycles. The number of ketones is 1. The zero-order valence-electron chi connectivity index (χ0n) is 7.36. The largest absolute Gasteiger partial charge is 0.328 e. The van der Waals surface area contributed by atoms with Crippen molar-refractivity contribution < 1.29 is 19.1 Å². The van der Waals surface area contributed by atoms with Crippen LogP contribution in [0.2, 0.25) is 0 Å². The molecule has 0 bridgehead atoms. The lowest BCUT2D eigenvalue weighted by Gasteiger charge is -2.14. The summed E-state index contributed by atoms with van der Waals surface area (Å²) in [4.78, 5) is 28.1. The molecular formula is C7H15O4P. The molecule has 0 heterocycles. The molecule has 0 aliphatic carbocycles. The smallest absolute Gasteiger partial charge is 0.324 e. The number of hydrogen-bond acceptors (Lipinski definition) is 2. The maximum atomic E-state index is 10.8. The lowest BCUT2D eigenvalue weighted by Crippen LogP contribution is -2.08. The first-order valence-corrected chi connectivity index (χ1v) is 5.60. The van der Waals surface area contributed by atoms with Gasteiger partial charge >= 0.3 is 7.60 Å². The third-order valence-corrected chi connectivity index (χ3v) is 3.35. The maximum Gasteiger partial charge on any atom is 0.328 e. The van der Waals surface area contributed by atoms with Crippen molar-refractivity contribution in [3.05, 3.63) is 0 Å². The second kappa shape index (κ2) is 4.75. The van der Waals surface area contributed by atoms with Gasteiger partial charge in [0.2, 0.25) is 0 Å². The normalized spacial score (nSPS) is 14.3. The van der Waals surface area contributed by atoms with Gasteiger partial charge in [0, 0.05) is 6.42 Å². The van der Waals surface area contributed by atoms with E-state index in [-0.39, 0.29) is 18.6 Å². The SMILES string of the molecule is CCC(CCC(C)=O)P(=O)(O)O. The molecule has 2 N–H and O–H groups in total. The molecule has 72 valence electrons. The molecule has 1 atom stereocenters. The van der Waals surface area contributed by atoms with Gasteiger partial charge in [-0.3, -0.25) is 4.57 Å². The van der Waals surface area contributed by atoms with Gasteiger partial charge in [-0.1, -0.05) is 6.92 Å². The predicted octanol–water partition coefficient (Wildman–Crippen LogP) is 1.31. The second-order valence-electron chi connectivity index (χ2n) is 2.89. The summed E-state index contributed by atoms with van der Waals surface area (Å²) in [7, 11) is -3.98. The summed E-state index contributed by atoms with van der Waals surface area (Å²) >= 11 is 0. The minimum atomic E-state index is -3.98. The minimum Gasteiger partial charge on any atom is -0.324 e. The highest BCUT2D eigenvalue weighted by Gasteiger charge is 2.26. The van der Waals surface area contributed by atoms with Gasteiger partial charge in [0.15, 0.2) is 0 Å². The van der Waals surface area contributed by atoms with Gasteiger partial charge < -0.3 is 14.6 Å². The fourth-order valence-corrected chi connectivity index (χ4v) is 1.92. The quantitative estimate of drug-likeness (QED) is 0.647. The van der Waals surface area contributed by atoms with E-state index in [1.54, 1.807) is 6.92 Å². The van der Waals surface area contributed by atoms with E-state index in [2.05, 4.69) is 0 Å². The summed E-state index contributed by atoms with van der Waals surface area (Å²) in [5.74, 6) is -0.0260. The Kier molecular flexibility index (Phi) is 4.68. The van der Waals surface area contributed by atoms with E-state index in [9.17, 15) is 9.36 Å². The monoisotopic (exact) mass is 194 g/mol. The Hall–Kier alpha value is -0.180. The van der Waals surface area contributed by atoms with Gasteiger partial charge in [-0.2, -0.15) is 0 Å². The van der Waals surface area contributed by atoms with Crippen LogP contribution >= 0.6 is 7.60 Å². The minimum absolute atomic E-state index is 0.0260. The Morgan fingerprint density at radius 1 is 1.50 bits per heavy atom. The summed E-state index contributed by atoms with van der Waals surface area (Å²) in [6.07, 6.45) is 0.956. The van der Waals surface area contributed by atoms with Gasteiger partial charge in [0.05, 0.1) is 5.66 Å². The van der Waals surface area contributed by atoms with Crippen LogP contribution < -0.4 is 0 Å². The van der Waals surface area contributed by atoms with Crippen LogP contribution in [-0.4, -0.2) is 21.2 Å². The van der Waals surface area contributed by atoms with Crippen LogP contribution in [0.3, 0.4) is 0 Å². The molecule has 0 aliphatic rings. The van der Waals surface area contributed by atoms with Crippen molar-refractivity contribution in [2.24, 2.45) is 0 Å². The molecule has 0 aromatic rings. The van der Waals surface area contributed by atoms with E-state index in [1.165, 1.54) is 6.92 Å². The average Bonchev–Trinajstić information content (AvgIpc) is 1.85. The highest BCUT2D eigenvalue weighted by Crippen LogP contribution is 2.44. The van der Waals surface area contributed by atoms with Crippen molar-refractivity contribution in [3.63, 3.8) is 0 Å². The number of carbonyl (C=O) groups is 1. The van der Waals surface area contributed by atoms with Crippen LogP contribution in [-0.2, 0) is 9.36 Å². The van der Waals surface area contributed by atoms with Crippen molar-refractivity contribution in [1.29, 1.82) is 0 Å². The third kappa shape index (κ3) is 4.65. The molecule has 1 unspecified atom stereocenters. The third-order valence-electron chi connectivity index (χ3n) is 1.78. The van der Waals surface area contributed by atoms with Gasteiger partial charge in [-0.25, -0.2) is 0 Å². The van der Waals surface area contributed by atoms with Crippen LogP contribution in [0.5, 0.6) is 0 Å². The molecule has 12 heavy (non-hydrogen) atoms. The van der Waals surface area contributed by atoms with Gasteiger partial charge in [0.25, 0.3) is 0 Å². The molecular weight excluding hydrogens is 179 g/mol. The van der Waals surface area contributed by atoms with Crippen molar-refractivity contribution >= 4 is 13.4 Å². The summed E-state index contributed by atoms with van der Waals surface area (Å²) in [6, 6.07) is 0. The van der Waals surface area contributed by atoms with Crippen molar-refractivity contribution in [3.8, 4) is 0 Å². The maximum absolute atomic E-state index is 10.8. The molecule has 0 saturated heterocycles. The fraction of sp³-hybridized carbons (Fsp3) is 0.857. The number of rotatable bonds is 5. The van der Waals surface area contributed by atoms with Gasteiger partial charge in [-0.05, 0) is 19.8 Å². The van der Waals surface area contributed by atoms with Crippen LogP contribution in [0.25, 0.3) is 0 Å². The molecule has 4 nitrogen and oxygen atoms in total. The van der Waals surface area contributed by atoms with Crippen molar-refractivity contribution in [2.75, 3.05) is 0 Å². The molecule has 0 amide bonds. The Bertz CT molecular complexity index is 196. The Morgan fingerprint density at radius 3 is 2.25 bits per heavy atom. The first-order valence-electron chi connectivity index (χ1n) is 3.92. The van der Waals surface area contributed by atoms with Crippen molar-refractivity contribution in [1.82, 2.24) is 0 Å². The van der Waals surface area contributed by atoms with E-state index in [0.717, 1.165) is 0 Å².